The van der Waals surface area contributed by atoms with Crippen LogP contribution in [0.15, 0.2) is 37.1 Å². The number of aryl methyl sites for hydroxylation is 2. The zero-order valence-corrected chi connectivity index (χ0v) is 11.8. The molecule has 0 fully saturated rings. The van der Waals surface area contributed by atoms with Gasteiger partial charge in [0.05, 0.1) is 5.69 Å². The van der Waals surface area contributed by atoms with Gasteiger partial charge in [0.2, 0.25) is 5.91 Å². The average molecular weight is 286 g/mol. The third-order valence-electron chi connectivity index (χ3n) is 2.76. The van der Waals surface area contributed by atoms with Crippen molar-refractivity contribution in [2.45, 2.75) is 13.8 Å². The van der Waals surface area contributed by atoms with E-state index in [1.165, 1.54) is 18.2 Å². The molecule has 0 radical (unpaired) electrons. The number of carbonyl (C=O) groups is 1. The molecule has 2 N–H and O–H groups in total. The van der Waals surface area contributed by atoms with Crippen LogP contribution in [-0.4, -0.2) is 15.9 Å². The molecule has 1 aromatic heterocycles. The molecule has 0 aliphatic rings. The number of rotatable bonds is 4. The first-order valence-electron chi connectivity index (χ1n) is 6.30. The summed E-state index contributed by atoms with van der Waals surface area (Å²) in [4.78, 5) is 19.6. The van der Waals surface area contributed by atoms with Gasteiger partial charge in [-0.15, -0.1) is 0 Å². The van der Waals surface area contributed by atoms with Gasteiger partial charge < -0.3 is 10.6 Å². The second kappa shape index (κ2) is 6.13. The molecule has 0 saturated heterocycles. The van der Waals surface area contributed by atoms with Gasteiger partial charge in [0.15, 0.2) is 0 Å². The SMILES string of the molecule is C=CC(=O)Nc1ccc(F)c(Nc2nc(C)ncc2C)c1. The number of carbonyl (C=O) groups excluding carboxylic acids is 1. The van der Waals surface area contributed by atoms with Gasteiger partial charge in [-0.1, -0.05) is 6.58 Å². The zero-order valence-electron chi connectivity index (χ0n) is 11.8. The fourth-order valence-corrected chi connectivity index (χ4v) is 1.68. The second-order valence-electron chi connectivity index (χ2n) is 4.46. The molecule has 0 bridgehead atoms. The minimum absolute atomic E-state index is 0.220. The number of aromatic nitrogens is 2. The van der Waals surface area contributed by atoms with Crippen LogP contribution < -0.4 is 10.6 Å². The molecule has 1 heterocycles. The van der Waals surface area contributed by atoms with Crippen molar-refractivity contribution in [2.75, 3.05) is 10.6 Å². The smallest absolute Gasteiger partial charge is 0.247 e. The quantitative estimate of drug-likeness (QED) is 0.847. The van der Waals surface area contributed by atoms with Crippen LogP contribution in [0.1, 0.15) is 11.4 Å². The zero-order chi connectivity index (χ0) is 15.4. The number of nitrogens with zero attached hydrogens (tertiary/aromatic N) is 2. The van der Waals surface area contributed by atoms with Gasteiger partial charge in [-0.2, -0.15) is 0 Å². The summed E-state index contributed by atoms with van der Waals surface area (Å²) in [6.07, 6.45) is 2.81. The summed E-state index contributed by atoms with van der Waals surface area (Å²) in [5.41, 5.74) is 1.48. The van der Waals surface area contributed by atoms with E-state index in [0.29, 0.717) is 17.3 Å². The fourth-order valence-electron chi connectivity index (χ4n) is 1.68. The average Bonchev–Trinajstić information content (AvgIpc) is 2.46. The normalized spacial score (nSPS) is 10.0. The second-order valence-corrected chi connectivity index (χ2v) is 4.46. The fraction of sp³-hybridized carbons (Fsp3) is 0.133. The highest BCUT2D eigenvalue weighted by atomic mass is 19.1. The van der Waals surface area contributed by atoms with Gasteiger partial charge in [-0.05, 0) is 38.1 Å². The van der Waals surface area contributed by atoms with Crippen molar-refractivity contribution in [3.63, 3.8) is 0 Å². The number of amides is 1. The molecule has 0 aliphatic carbocycles. The number of benzene rings is 1. The summed E-state index contributed by atoms with van der Waals surface area (Å²) in [6.45, 7) is 6.94. The molecule has 108 valence electrons. The van der Waals surface area contributed by atoms with E-state index in [4.69, 9.17) is 0 Å². The molecule has 1 amide bonds. The van der Waals surface area contributed by atoms with E-state index in [2.05, 4.69) is 27.2 Å². The summed E-state index contributed by atoms with van der Waals surface area (Å²) in [6, 6.07) is 4.23. The van der Waals surface area contributed by atoms with Crippen LogP contribution in [-0.2, 0) is 4.79 Å². The Morgan fingerprint density at radius 3 is 2.86 bits per heavy atom. The largest absolute Gasteiger partial charge is 0.337 e. The molecular weight excluding hydrogens is 271 g/mol. The number of hydrogen-bond donors (Lipinski definition) is 2. The third kappa shape index (κ3) is 3.62. The van der Waals surface area contributed by atoms with Crippen molar-refractivity contribution in [2.24, 2.45) is 0 Å². The molecule has 0 atom stereocenters. The lowest BCUT2D eigenvalue weighted by atomic mass is 10.2. The first-order chi connectivity index (χ1) is 9.99. The molecule has 2 aromatic rings. The van der Waals surface area contributed by atoms with E-state index in [9.17, 15) is 9.18 Å². The maximum Gasteiger partial charge on any atom is 0.247 e. The monoisotopic (exact) mass is 286 g/mol. The van der Waals surface area contributed by atoms with E-state index in [1.54, 1.807) is 13.1 Å². The first kappa shape index (κ1) is 14.6. The van der Waals surface area contributed by atoms with Crippen molar-refractivity contribution in [3.8, 4) is 0 Å². The Labute approximate surface area is 121 Å². The lowest BCUT2D eigenvalue weighted by molar-refractivity contribution is -0.111. The van der Waals surface area contributed by atoms with Gasteiger partial charge in [0.25, 0.3) is 0 Å². The standard InChI is InChI=1S/C15H15FN4O/c1-4-14(21)19-11-5-6-12(16)13(7-11)20-15-9(2)8-17-10(3)18-15/h4-8H,1H2,2-3H3,(H,19,21)(H,17,18,20). The van der Waals surface area contributed by atoms with Crippen LogP contribution in [0.2, 0.25) is 0 Å². The summed E-state index contributed by atoms with van der Waals surface area (Å²) in [7, 11) is 0. The topological polar surface area (TPSA) is 66.9 Å². The van der Waals surface area contributed by atoms with Crippen LogP contribution in [0.25, 0.3) is 0 Å². The molecule has 2 rings (SSSR count). The maximum absolute atomic E-state index is 13.9. The molecule has 0 spiro atoms. The Morgan fingerprint density at radius 1 is 1.38 bits per heavy atom. The molecule has 21 heavy (non-hydrogen) atoms. The van der Waals surface area contributed by atoms with Crippen LogP contribution in [0.3, 0.4) is 0 Å². The molecule has 0 aliphatic heterocycles. The van der Waals surface area contributed by atoms with E-state index in [-0.39, 0.29) is 11.6 Å². The summed E-state index contributed by atoms with van der Waals surface area (Å²) in [5.74, 6) is 0.303. The van der Waals surface area contributed by atoms with Gasteiger partial charge in [-0.3, -0.25) is 4.79 Å². The summed E-state index contributed by atoms with van der Waals surface area (Å²) < 4.78 is 13.9. The molecule has 6 heteroatoms. The van der Waals surface area contributed by atoms with Crippen LogP contribution in [0.5, 0.6) is 0 Å². The summed E-state index contributed by atoms with van der Waals surface area (Å²) in [5, 5.41) is 5.48. The molecule has 0 unspecified atom stereocenters. The van der Waals surface area contributed by atoms with Gasteiger partial charge in [-0.25, -0.2) is 14.4 Å². The maximum atomic E-state index is 13.9. The van der Waals surface area contributed by atoms with Gasteiger partial charge in [0, 0.05) is 17.4 Å². The van der Waals surface area contributed by atoms with E-state index >= 15 is 0 Å². The van der Waals surface area contributed by atoms with Crippen molar-refractivity contribution in [1.29, 1.82) is 0 Å². The highest BCUT2D eigenvalue weighted by Gasteiger charge is 2.08. The number of halogens is 1. The number of nitrogens with one attached hydrogen (secondary N) is 2. The predicted molar refractivity (Wildman–Crippen MR) is 80.0 cm³/mol. The van der Waals surface area contributed by atoms with Gasteiger partial charge in [0.1, 0.15) is 17.5 Å². The van der Waals surface area contributed by atoms with Crippen LogP contribution in [0.4, 0.5) is 21.6 Å². The van der Waals surface area contributed by atoms with E-state index < -0.39 is 5.82 Å². The molecular formula is C15H15FN4O. The lowest BCUT2D eigenvalue weighted by Gasteiger charge is -2.11. The number of anilines is 3. The van der Waals surface area contributed by atoms with Crippen molar-refractivity contribution < 1.29 is 9.18 Å². The minimum atomic E-state index is -0.442. The Kier molecular flexibility index (Phi) is 4.27. The third-order valence-corrected chi connectivity index (χ3v) is 2.76. The Morgan fingerprint density at radius 2 is 2.14 bits per heavy atom. The number of hydrogen-bond acceptors (Lipinski definition) is 4. The Balaban J connectivity index is 2.30. The van der Waals surface area contributed by atoms with Crippen LogP contribution in [0, 0.1) is 19.7 Å². The predicted octanol–water partition coefficient (Wildman–Crippen LogP) is 3.10. The highest BCUT2D eigenvalue weighted by Crippen LogP contribution is 2.24. The highest BCUT2D eigenvalue weighted by molar-refractivity contribution is 5.99. The molecule has 0 saturated carbocycles. The van der Waals surface area contributed by atoms with Crippen molar-refractivity contribution >= 4 is 23.1 Å². The molecule has 1 aromatic carbocycles. The van der Waals surface area contributed by atoms with Gasteiger partial charge >= 0.3 is 0 Å². The molecule has 5 nitrogen and oxygen atoms in total. The van der Waals surface area contributed by atoms with Crippen molar-refractivity contribution in [3.05, 3.63) is 54.3 Å². The Bertz CT molecular complexity index is 700. The minimum Gasteiger partial charge on any atom is -0.337 e. The van der Waals surface area contributed by atoms with E-state index in [0.717, 1.165) is 11.6 Å². The van der Waals surface area contributed by atoms with Crippen LogP contribution >= 0.6 is 0 Å². The first-order valence-corrected chi connectivity index (χ1v) is 6.30. The van der Waals surface area contributed by atoms with E-state index in [1.807, 2.05) is 6.92 Å². The summed E-state index contributed by atoms with van der Waals surface area (Å²) >= 11 is 0. The lowest BCUT2D eigenvalue weighted by Crippen LogP contribution is -2.08. The van der Waals surface area contributed by atoms with Crippen molar-refractivity contribution in [1.82, 2.24) is 9.97 Å². The Hall–Kier alpha value is -2.76.